The summed E-state index contributed by atoms with van der Waals surface area (Å²) in [5, 5.41) is 7.64. The Morgan fingerprint density at radius 2 is 2.39 bits per heavy atom. The van der Waals surface area contributed by atoms with Crippen LogP contribution in [0.15, 0.2) is 16.8 Å². The summed E-state index contributed by atoms with van der Waals surface area (Å²) in [5.41, 5.74) is 1.16. The molecule has 0 bridgehead atoms. The first kappa shape index (κ1) is 13.8. The summed E-state index contributed by atoms with van der Waals surface area (Å²) in [5.74, 6) is 0.990. The van der Waals surface area contributed by atoms with Crippen LogP contribution in [0.4, 0.5) is 0 Å². The number of fused-ring (bicyclic) bond motifs is 1. The van der Waals surface area contributed by atoms with Crippen molar-refractivity contribution >= 4 is 29.7 Å². The normalized spacial score (nSPS) is 26.6. The lowest BCUT2D eigenvalue weighted by molar-refractivity contribution is -0.132. The van der Waals surface area contributed by atoms with Crippen molar-refractivity contribution in [3.8, 4) is 0 Å². The third-order valence-corrected chi connectivity index (χ3v) is 4.68. The molecule has 0 spiro atoms. The van der Waals surface area contributed by atoms with Crippen molar-refractivity contribution in [1.29, 1.82) is 0 Å². The monoisotopic (exact) mass is 286 g/mol. The smallest absolute Gasteiger partial charge is 0.227 e. The molecule has 0 aromatic carbocycles. The predicted octanol–water partition coefficient (Wildman–Crippen LogP) is 1.92. The molecule has 3 rings (SSSR count). The number of amides is 1. The maximum absolute atomic E-state index is 12.2. The molecule has 2 saturated heterocycles. The molecule has 2 aliphatic heterocycles. The minimum Gasteiger partial charge on any atom is -0.342 e. The molecule has 100 valence electrons. The van der Waals surface area contributed by atoms with Crippen LogP contribution in [-0.2, 0) is 11.2 Å². The summed E-state index contributed by atoms with van der Waals surface area (Å²) in [6.45, 7) is 3.01. The van der Waals surface area contributed by atoms with E-state index in [0.29, 0.717) is 24.3 Å². The molecule has 1 N–H and O–H groups in total. The molecule has 0 saturated carbocycles. The van der Waals surface area contributed by atoms with Gasteiger partial charge in [-0.05, 0) is 47.7 Å². The van der Waals surface area contributed by atoms with Gasteiger partial charge >= 0.3 is 0 Å². The first-order chi connectivity index (χ1) is 8.33. The van der Waals surface area contributed by atoms with Gasteiger partial charge in [-0.15, -0.1) is 12.4 Å². The van der Waals surface area contributed by atoms with Crippen LogP contribution < -0.4 is 5.32 Å². The number of halogens is 1. The Balaban J connectivity index is 0.00000120. The van der Waals surface area contributed by atoms with Crippen molar-refractivity contribution in [3.05, 3.63) is 22.4 Å². The maximum Gasteiger partial charge on any atom is 0.227 e. The molecule has 1 aromatic heterocycles. The zero-order valence-corrected chi connectivity index (χ0v) is 11.9. The second-order valence-electron chi connectivity index (χ2n) is 5.05. The number of nitrogens with one attached hydrogen (secondary N) is 1. The molecule has 1 aromatic rings. The van der Waals surface area contributed by atoms with Gasteiger partial charge in [-0.25, -0.2) is 0 Å². The second kappa shape index (κ2) is 6.04. The van der Waals surface area contributed by atoms with Gasteiger partial charge in [0.2, 0.25) is 5.91 Å². The highest BCUT2D eigenvalue weighted by atomic mass is 35.5. The van der Waals surface area contributed by atoms with E-state index < -0.39 is 0 Å². The summed E-state index contributed by atoms with van der Waals surface area (Å²) in [4.78, 5) is 14.2. The average molecular weight is 287 g/mol. The lowest BCUT2D eigenvalue weighted by Gasteiger charge is -2.34. The Bertz CT molecular complexity index is 396. The molecule has 2 atom stereocenters. The zero-order chi connectivity index (χ0) is 11.7. The van der Waals surface area contributed by atoms with Crippen molar-refractivity contribution in [1.82, 2.24) is 10.2 Å². The van der Waals surface area contributed by atoms with Crippen LogP contribution in [0.25, 0.3) is 0 Å². The summed E-state index contributed by atoms with van der Waals surface area (Å²) in [7, 11) is 0. The second-order valence-corrected chi connectivity index (χ2v) is 5.83. The van der Waals surface area contributed by atoms with E-state index in [-0.39, 0.29) is 12.4 Å². The van der Waals surface area contributed by atoms with E-state index >= 15 is 0 Å². The fraction of sp³-hybridized carbons (Fsp3) is 0.615. The molecular weight excluding hydrogens is 268 g/mol. The van der Waals surface area contributed by atoms with Crippen LogP contribution in [-0.4, -0.2) is 36.5 Å². The van der Waals surface area contributed by atoms with Gasteiger partial charge in [0.15, 0.2) is 0 Å². The molecular formula is C13H19ClN2OS. The lowest BCUT2D eigenvalue weighted by atomic mass is 9.93. The van der Waals surface area contributed by atoms with Crippen LogP contribution in [0, 0.1) is 5.92 Å². The van der Waals surface area contributed by atoms with E-state index in [2.05, 4.69) is 15.6 Å². The first-order valence-corrected chi connectivity index (χ1v) is 7.29. The number of likely N-dealkylation sites (tertiary alicyclic amines) is 1. The molecule has 3 nitrogen and oxygen atoms in total. The summed E-state index contributed by atoms with van der Waals surface area (Å²) in [6.07, 6.45) is 2.93. The van der Waals surface area contributed by atoms with E-state index in [1.54, 1.807) is 11.3 Å². The van der Waals surface area contributed by atoms with Crippen molar-refractivity contribution in [2.75, 3.05) is 19.6 Å². The molecule has 2 aliphatic rings. The fourth-order valence-electron chi connectivity index (χ4n) is 2.95. The number of thiophene rings is 1. The van der Waals surface area contributed by atoms with E-state index in [4.69, 9.17) is 0 Å². The van der Waals surface area contributed by atoms with E-state index in [1.165, 1.54) is 6.42 Å². The van der Waals surface area contributed by atoms with Gasteiger partial charge < -0.3 is 10.2 Å². The van der Waals surface area contributed by atoms with Gasteiger partial charge in [0.05, 0.1) is 6.42 Å². The average Bonchev–Trinajstić information content (AvgIpc) is 2.97. The minimum atomic E-state index is 0. The Morgan fingerprint density at radius 3 is 3.17 bits per heavy atom. The summed E-state index contributed by atoms with van der Waals surface area (Å²) >= 11 is 1.66. The molecule has 0 radical (unpaired) electrons. The van der Waals surface area contributed by atoms with Crippen LogP contribution in [0.3, 0.4) is 0 Å². The Kier molecular flexibility index (Phi) is 4.65. The molecule has 3 heterocycles. The van der Waals surface area contributed by atoms with Gasteiger partial charge in [0, 0.05) is 19.1 Å². The fourth-order valence-corrected chi connectivity index (χ4v) is 3.62. The van der Waals surface area contributed by atoms with Crippen LogP contribution in [0.5, 0.6) is 0 Å². The maximum atomic E-state index is 12.2. The van der Waals surface area contributed by atoms with E-state index in [0.717, 1.165) is 31.6 Å². The topological polar surface area (TPSA) is 32.3 Å². The highest BCUT2D eigenvalue weighted by Crippen LogP contribution is 2.25. The van der Waals surface area contributed by atoms with Crippen molar-refractivity contribution in [3.63, 3.8) is 0 Å². The van der Waals surface area contributed by atoms with Gasteiger partial charge in [-0.3, -0.25) is 4.79 Å². The van der Waals surface area contributed by atoms with Crippen molar-refractivity contribution in [2.45, 2.75) is 25.3 Å². The van der Waals surface area contributed by atoms with Gasteiger partial charge in [0.25, 0.3) is 0 Å². The van der Waals surface area contributed by atoms with E-state index in [9.17, 15) is 4.79 Å². The molecule has 2 fully saturated rings. The molecule has 0 aliphatic carbocycles. The van der Waals surface area contributed by atoms with E-state index in [1.807, 2.05) is 11.4 Å². The number of rotatable bonds is 2. The third-order valence-electron chi connectivity index (χ3n) is 3.94. The summed E-state index contributed by atoms with van der Waals surface area (Å²) in [6, 6.07) is 2.71. The first-order valence-electron chi connectivity index (χ1n) is 6.35. The number of carbonyl (C=O) groups is 1. The van der Waals surface area contributed by atoms with Crippen LogP contribution in [0.1, 0.15) is 18.4 Å². The standard InChI is InChI=1S/C13H18N2OS.ClH/c16-13(7-10-3-6-17-9-10)15-5-2-12-11(8-15)1-4-14-12;/h3,6,9,11-12,14H,1-2,4-5,7-8H2;1H. The van der Waals surface area contributed by atoms with Crippen molar-refractivity contribution in [2.24, 2.45) is 5.92 Å². The Morgan fingerprint density at radius 1 is 1.50 bits per heavy atom. The van der Waals surface area contributed by atoms with Crippen LogP contribution >= 0.6 is 23.7 Å². The number of nitrogens with zero attached hydrogens (tertiary/aromatic N) is 1. The lowest BCUT2D eigenvalue weighted by Crippen LogP contribution is -2.47. The van der Waals surface area contributed by atoms with Crippen LogP contribution in [0.2, 0.25) is 0 Å². The van der Waals surface area contributed by atoms with Gasteiger partial charge in [-0.2, -0.15) is 11.3 Å². The van der Waals surface area contributed by atoms with Gasteiger partial charge in [0.1, 0.15) is 0 Å². The zero-order valence-electron chi connectivity index (χ0n) is 10.3. The molecule has 5 heteroatoms. The Hall–Kier alpha value is -0.580. The largest absolute Gasteiger partial charge is 0.342 e. The SMILES string of the molecule is Cl.O=C(Cc1ccsc1)N1CCC2NCCC2C1. The number of hydrogen-bond donors (Lipinski definition) is 1. The summed E-state index contributed by atoms with van der Waals surface area (Å²) < 4.78 is 0. The highest BCUT2D eigenvalue weighted by molar-refractivity contribution is 7.07. The number of carbonyl (C=O) groups excluding carboxylic acids is 1. The predicted molar refractivity (Wildman–Crippen MR) is 76.4 cm³/mol. The van der Waals surface area contributed by atoms with Crippen molar-refractivity contribution < 1.29 is 4.79 Å². The Labute approximate surface area is 118 Å². The molecule has 1 amide bonds. The number of hydrogen-bond acceptors (Lipinski definition) is 3. The number of piperidine rings is 1. The highest BCUT2D eigenvalue weighted by Gasteiger charge is 2.34. The quantitative estimate of drug-likeness (QED) is 0.901. The van der Waals surface area contributed by atoms with Gasteiger partial charge in [-0.1, -0.05) is 0 Å². The minimum absolute atomic E-state index is 0. The molecule has 18 heavy (non-hydrogen) atoms. The third kappa shape index (κ3) is 2.87. The molecule has 2 unspecified atom stereocenters.